The van der Waals surface area contributed by atoms with E-state index in [1.807, 2.05) is 12.1 Å². The molecule has 0 bridgehead atoms. The second kappa shape index (κ2) is 6.31. The molecule has 20 heavy (non-hydrogen) atoms. The van der Waals surface area contributed by atoms with Gasteiger partial charge >= 0.3 is 7.60 Å². The molecule has 2 aromatic carbocycles. The van der Waals surface area contributed by atoms with Gasteiger partial charge in [-0.05, 0) is 31.2 Å². The largest absolute Gasteiger partial charge is 0.459 e. The Balaban J connectivity index is 2.29. The van der Waals surface area contributed by atoms with Crippen molar-refractivity contribution < 1.29 is 13.6 Å². The van der Waals surface area contributed by atoms with Crippen molar-refractivity contribution in [1.82, 2.24) is 0 Å². The van der Waals surface area contributed by atoms with Gasteiger partial charge in [0.1, 0.15) is 11.5 Å². The van der Waals surface area contributed by atoms with E-state index in [0.29, 0.717) is 16.8 Å². The Hall–Kier alpha value is -2.19. The fraction of sp³-hybridized carbons (Fsp3) is 0.0667. The van der Waals surface area contributed by atoms with Gasteiger partial charge in [-0.1, -0.05) is 36.4 Å². The van der Waals surface area contributed by atoms with E-state index in [9.17, 15) is 4.57 Å². The van der Waals surface area contributed by atoms with Gasteiger partial charge in [-0.3, -0.25) is 0 Å². The zero-order valence-corrected chi connectivity index (χ0v) is 12.0. The molecule has 0 amide bonds. The molecule has 2 rings (SSSR count). The van der Waals surface area contributed by atoms with Gasteiger partial charge in [0.25, 0.3) is 0 Å². The first kappa shape index (κ1) is 14.2. The number of hydrogen-bond donors (Lipinski definition) is 1. The Morgan fingerprint density at radius 2 is 1.35 bits per heavy atom. The summed E-state index contributed by atoms with van der Waals surface area (Å²) in [6.07, 6.45) is 1.24. The van der Waals surface area contributed by atoms with Crippen LogP contribution in [0.3, 0.4) is 0 Å². The molecule has 0 unspecified atom stereocenters. The predicted molar refractivity (Wildman–Crippen MR) is 79.7 cm³/mol. The molecule has 0 aliphatic heterocycles. The summed E-state index contributed by atoms with van der Waals surface area (Å²) in [5.41, 5.74) is 5.47. The smallest absolute Gasteiger partial charge is 0.413 e. The van der Waals surface area contributed by atoms with Gasteiger partial charge in [-0.25, -0.2) is 4.57 Å². The molecule has 0 aromatic heterocycles. The van der Waals surface area contributed by atoms with Gasteiger partial charge in [-0.2, -0.15) is 0 Å². The molecule has 0 fully saturated rings. The monoisotopic (exact) mass is 289 g/mol. The fourth-order valence-electron chi connectivity index (χ4n) is 1.49. The van der Waals surface area contributed by atoms with Crippen molar-refractivity contribution in [2.24, 2.45) is 5.73 Å². The molecule has 0 saturated heterocycles. The van der Waals surface area contributed by atoms with Gasteiger partial charge in [0.2, 0.25) is 0 Å². The normalized spacial score (nSPS) is 11.9. The number of allylic oxidation sites excluding steroid dienone is 1. The minimum atomic E-state index is -3.52. The molecule has 0 atom stereocenters. The van der Waals surface area contributed by atoms with E-state index in [0.717, 1.165) is 0 Å². The summed E-state index contributed by atoms with van der Waals surface area (Å²) in [6.45, 7) is 1.62. The lowest BCUT2D eigenvalue weighted by molar-refractivity contribution is 0.394. The Morgan fingerprint density at radius 1 is 0.950 bits per heavy atom. The van der Waals surface area contributed by atoms with Crippen molar-refractivity contribution in [3.05, 3.63) is 72.2 Å². The molecule has 0 radical (unpaired) electrons. The molecule has 0 aliphatic rings. The second-order valence-electron chi connectivity index (χ2n) is 4.11. The molecule has 0 saturated carbocycles. The fourth-order valence-corrected chi connectivity index (χ4v) is 2.80. The average molecular weight is 289 g/mol. The maximum Gasteiger partial charge on any atom is 0.459 e. The van der Waals surface area contributed by atoms with Crippen LogP contribution < -0.4 is 14.8 Å². The summed E-state index contributed by atoms with van der Waals surface area (Å²) < 4.78 is 24.0. The maximum atomic E-state index is 12.9. The van der Waals surface area contributed by atoms with E-state index < -0.39 is 7.60 Å². The van der Waals surface area contributed by atoms with Crippen LogP contribution in [0.2, 0.25) is 0 Å². The topological polar surface area (TPSA) is 61.6 Å². The van der Waals surface area contributed by atoms with E-state index in [2.05, 4.69) is 0 Å². The lowest BCUT2D eigenvalue weighted by Crippen LogP contribution is -2.03. The average Bonchev–Trinajstić information content (AvgIpc) is 2.48. The maximum absolute atomic E-state index is 12.9. The van der Waals surface area contributed by atoms with Crippen molar-refractivity contribution >= 4 is 7.60 Å². The van der Waals surface area contributed by atoms with Crippen molar-refractivity contribution in [2.75, 3.05) is 0 Å². The third kappa shape index (κ3) is 3.43. The Kier molecular flexibility index (Phi) is 4.49. The molecule has 2 N–H and O–H groups in total. The molecule has 0 aliphatic carbocycles. The van der Waals surface area contributed by atoms with Crippen LogP contribution in [0.4, 0.5) is 0 Å². The van der Waals surface area contributed by atoms with E-state index in [1.54, 1.807) is 55.5 Å². The molecular weight excluding hydrogens is 273 g/mol. The summed E-state index contributed by atoms with van der Waals surface area (Å²) in [4.78, 5) is 0. The van der Waals surface area contributed by atoms with Crippen LogP contribution in [0.15, 0.2) is 72.2 Å². The highest BCUT2D eigenvalue weighted by Gasteiger charge is 2.30. The van der Waals surface area contributed by atoms with Crippen LogP contribution in [-0.4, -0.2) is 0 Å². The van der Waals surface area contributed by atoms with Crippen LogP contribution in [-0.2, 0) is 4.57 Å². The van der Waals surface area contributed by atoms with Crippen LogP contribution in [0.25, 0.3) is 0 Å². The van der Waals surface area contributed by atoms with E-state index in [1.165, 1.54) is 6.20 Å². The minimum Gasteiger partial charge on any atom is -0.413 e. The molecule has 0 heterocycles. The molecule has 104 valence electrons. The Morgan fingerprint density at radius 3 is 1.70 bits per heavy atom. The molecule has 4 nitrogen and oxygen atoms in total. The summed E-state index contributed by atoms with van der Waals surface area (Å²) in [5.74, 6) is 0.931. The van der Waals surface area contributed by atoms with Crippen LogP contribution in [0, 0.1) is 0 Å². The second-order valence-corrected chi connectivity index (χ2v) is 6.18. The van der Waals surface area contributed by atoms with Crippen LogP contribution in [0.5, 0.6) is 11.5 Å². The molecule has 2 aromatic rings. The standard InChI is InChI=1S/C15H16NO3P/c1-13(12-16)20(17,18-14-8-4-2-5-9-14)19-15-10-6-3-7-11-15/h2-12H,16H2,1H3. The first-order chi connectivity index (χ1) is 9.64. The zero-order chi connectivity index (χ0) is 14.4. The predicted octanol–water partition coefficient (Wildman–Crippen LogP) is 4.16. The van der Waals surface area contributed by atoms with Crippen LogP contribution in [0.1, 0.15) is 6.92 Å². The highest BCUT2D eigenvalue weighted by atomic mass is 31.2. The van der Waals surface area contributed by atoms with Crippen molar-refractivity contribution in [3.63, 3.8) is 0 Å². The Bertz CT molecular complexity index is 581. The highest BCUT2D eigenvalue weighted by Crippen LogP contribution is 2.54. The van der Waals surface area contributed by atoms with E-state index in [4.69, 9.17) is 14.8 Å². The SMILES string of the molecule is CC(=CN)P(=O)(Oc1ccccc1)Oc1ccccc1. The molecular formula is C15H16NO3P. The first-order valence-corrected chi connectivity index (χ1v) is 7.67. The lowest BCUT2D eigenvalue weighted by Gasteiger charge is -2.20. The molecule has 0 spiro atoms. The number of nitrogens with two attached hydrogens (primary N) is 1. The number of benzene rings is 2. The number of hydrogen-bond acceptors (Lipinski definition) is 4. The highest BCUT2D eigenvalue weighted by molar-refractivity contribution is 7.59. The van der Waals surface area contributed by atoms with Crippen molar-refractivity contribution in [2.45, 2.75) is 6.92 Å². The molecule has 5 heteroatoms. The number of para-hydroxylation sites is 2. The van der Waals surface area contributed by atoms with Crippen molar-refractivity contribution in [3.8, 4) is 11.5 Å². The van der Waals surface area contributed by atoms with Crippen LogP contribution >= 0.6 is 7.60 Å². The van der Waals surface area contributed by atoms with Gasteiger partial charge in [-0.15, -0.1) is 0 Å². The van der Waals surface area contributed by atoms with Gasteiger partial charge < -0.3 is 14.8 Å². The Labute approximate surface area is 118 Å². The van der Waals surface area contributed by atoms with Gasteiger partial charge in [0, 0.05) is 6.20 Å². The minimum absolute atomic E-state index is 0.352. The third-order valence-electron chi connectivity index (χ3n) is 2.61. The summed E-state index contributed by atoms with van der Waals surface area (Å²) in [5, 5.41) is 0.352. The first-order valence-electron chi connectivity index (χ1n) is 6.12. The number of rotatable bonds is 5. The zero-order valence-electron chi connectivity index (χ0n) is 11.1. The summed E-state index contributed by atoms with van der Waals surface area (Å²) in [6, 6.07) is 17.7. The quantitative estimate of drug-likeness (QED) is 0.840. The van der Waals surface area contributed by atoms with Gasteiger partial charge in [0.15, 0.2) is 0 Å². The van der Waals surface area contributed by atoms with Crippen molar-refractivity contribution in [1.29, 1.82) is 0 Å². The van der Waals surface area contributed by atoms with E-state index >= 15 is 0 Å². The summed E-state index contributed by atoms with van der Waals surface area (Å²) in [7, 11) is -3.52. The van der Waals surface area contributed by atoms with Gasteiger partial charge in [0.05, 0.1) is 5.31 Å². The third-order valence-corrected chi connectivity index (χ3v) is 4.53. The van der Waals surface area contributed by atoms with E-state index in [-0.39, 0.29) is 0 Å². The summed E-state index contributed by atoms with van der Waals surface area (Å²) >= 11 is 0. The lowest BCUT2D eigenvalue weighted by atomic mass is 10.3.